The number of ether oxygens (including phenoxy) is 1. The van der Waals surface area contributed by atoms with Crippen molar-refractivity contribution in [3.05, 3.63) is 50.0 Å². The molecule has 0 aliphatic carbocycles. The van der Waals surface area contributed by atoms with E-state index >= 15 is 0 Å². The zero-order valence-corrected chi connectivity index (χ0v) is 11.6. The van der Waals surface area contributed by atoms with Crippen LogP contribution in [0.2, 0.25) is 0 Å². The number of benzene rings is 1. The average molecular weight is 278 g/mol. The minimum atomic E-state index is -0.437. The maximum absolute atomic E-state index is 10.9. The van der Waals surface area contributed by atoms with Gasteiger partial charge in [-0.25, -0.2) is 4.98 Å². The standard InChI is InChI=1S/C13H14N2O3S/c1-3-13-14-10(8-19-13)7-18-12-6-9(2)4-5-11(12)15(16)17/h4-6,8H,3,7H2,1-2H3. The Bertz CT molecular complexity index is 595. The van der Waals surface area contributed by atoms with Crippen molar-refractivity contribution in [2.75, 3.05) is 0 Å². The lowest BCUT2D eigenvalue weighted by atomic mass is 10.2. The monoisotopic (exact) mass is 278 g/mol. The van der Waals surface area contributed by atoms with Crippen molar-refractivity contribution in [2.24, 2.45) is 0 Å². The molecule has 0 fully saturated rings. The van der Waals surface area contributed by atoms with Gasteiger partial charge in [-0.15, -0.1) is 11.3 Å². The van der Waals surface area contributed by atoms with Crippen LogP contribution in [0.3, 0.4) is 0 Å². The van der Waals surface area contributed by atoms with Gasteiger partial charge in [-0.05, 0) is 25.0 Å². The molecule has 1 aromatic carbocycles. The molecule has 0 aliphatic heterocycles. The molecule has 0 saturated carbocycles. The van der Waals surface area contributed by atoms with E-state index in [1.54, 1.807) is 23.5 Å². The third-order valence-electron chi connectivity index (χ3n) is 2.59. The number of aryl methyl sites for hydroxylation is 2. The summed E-state index contributed by atoms with van der Waals surface area (Å²) in [5.41, 5.74) is 1.71. The van der Waals surface area contributed by atoms with Crippen molar-refractivity contribution >= 4 is 17.0 Å². The second-order valence-corrected chi connectivity index (χ2v) is 5.05. The fourth-order valence-corrected chi connectivity index (χ4v) is 2.35. The smallest absolute Gasteiger partial charge is 0.310 e. The lowest BCUT2D eigenvalue weighted by Gasteiger charge is -2.06. The molecule has 5 nitrogen and oxygen atoms in total. The number of nitro groups is 1. The number of nitro benzene ring substituents is 1. The maximum Gasteiger partial charge on any atom is 0.310 e. The first-order valence-corrected chi connectivity index (χ1v) is 6.79. The fourth-order valence-electron chi connectivity index (χ4n) is 1.62. The molecule has 2 aromatic rings. The van der Waals surface area contributed by atoms with Crippen LogP contribution in [0.1, 0.15) is 23.2 Å². The molecule has 1 aromatic heterocycles. The SMILES string of the molecule is CCc1nc(COc2cc(C)ccc2[N+](=O)[O-])cs1. The predicted molar refractivity (Wildman–Crippen MR) is 73.7 cm³/mol. The summed E-state index contributed by atoms with van der Waals surface area (Å²) in [6.07, 6.45) is 0.884. The zero-order chi connectivity index (χ0) is 13.8. The summed E-state index contributed by atoms with van der Waals surface area (Å²) in [6.45, 7) is 4.16. The number of rotatable bonds is 5. The lowest BCUT2D eigenvalue weighted by Crippen LogP contribution is -2.00. The second kappa shape index (κ2) is 5.79. The number of nitrogens with zero attached hydrogens (tertiary/aromatic N) is 2. The van der Waals surface area contributed by atoms with E-state index in [4.69, 9.17) is 4.74 Å². The van der Waals surface area contributed by atoms with Gasteiger partial charge in [-0.1, -0.05) is 13.0 Å². The minimum absolute atomic E-state index is 0.0171. The van der Waals surface area contributed by atoms with E-state index in [0.717, 1.165) is 22.7 Å². The topological polar surface area (TPSA) is 65.3 Å². The first-order chi connectivity index (χ1) is 9.10. The van der Waals surface area contributed by atoms with Crippen molar-refractivity contribution in [3.63, 3.8) is 0 Å². The molecule has 0 N–H and O–H groups in total. The van der Waals surface area contributed by atoms with Crippen LogP contribution in [0.4, 0.5) is 5.69 Å². The Labute approximate surface area is 115 Å². The van der Waals surface area contributed by atoms with Crippen LogP contribution in [0.5, 0.6) is 5.75 Å². The molecule has 0 saturated heterocycles. The van der Waals surface area contributed by atoms with E-state index in [0.29, 0.717) is 0 Å². The molecular weight excluding hydrogens is 264 g/mol. The summed E-state index contributed by atoms with van der Waals surface area (Å²) < 4.78 is 5.53. The van der Waals surface area contributed by atoms with Crippen molar-refractivity contribution in [1.82, 2.24) is 4.98 Å². The van der Waals surface area contributed by atoms with Gasteiger partial charge in [0.05, 0.1) is 15.6 Å². The summed E-state index contributed by atoms with van der Waals surface area (Å²) in [5.74, 6) is 0.288. The predicted octanol–water partition coefficient (Wildman–Crippen LogP) is 3.50. The highest BCUT2D eigenvalue weighted by atomic mass is 32.1. The van der Waals surface area contributed by atoms with Crippen LogP contribution >= 0.6 is 11.3 Å². The Morgan fingerprint density at radius 1 is 1.47 bits per heavy atom. The van der Waals surface area contributed by atoms with E-state index < -0.39 is 4.92 Å². The van der Waals surface area contributed by atoms with Gasteiger partial charge in [0.1, 0.15) is 6.61 Å². The van der Waals surface area contributed by atoms with E-state index in [-0.39, 0.29) is 18.0 Å². The second-order valence-electron chi connectivity index (χ2n) is 4.10. The number of aromatic nitrogens is 1. The first kappa shape index (κ1) is 13.5. The van der Waals surface area contributed by atoms with Gasteiger partial charge < -0.3 is 4.74 Å². The number of hydrogen-bond donors (Lipinski definition) is 0. The van der Waals surface area contributed by atoms with Gasteiger partial charge in [0.15, 0.2) is 5.75 Å². The van der Waals surface area contributed by atoms with Gasteiger partial charge in [0.25, 0.3) is 0 Å². The van der Waals surface area contributed by atoms with Crippen molar-refractivity contribution < 1.29 is 9.66 Å². The van der Waals surface area contributed by atoms with Gasteiger partial charge in [0, 0.05) is 11.4 Å². The van der Waals surface area contributed by atoms with E-state index in [9.17, 15) is 10.1 Å². The van der Waals surface area contributed by atoms with Crippen molar-refractivity contribution in [3.8, 4) is 5.75 Å². The Morgan fingerprint density at radius 3 is 2.89 bits per heavy atom. The molecule has 0 bridgehead atoms. The maximum atomic E-state index is 10.9. The largest absolute Gasteiger partial charge is 0.480 e. The van der Waals surface area contributed by atoms with Gasteiger partial charge in [-0.3, -0.25) is 10.1 Å². The summed E-state index contributed by atoms with van der Waals surface area (Å²) in [6, 6.07) is 4.83. The van der Waals surface area contributed by atoms with Crippen LogP contribution in [0.25, 0.3) is 0 Å². The van der Waals surface area contributed by atoms with Gasteiger partial charge >= 0.3 is 5.69 Å². The average Bonchev–Trinajstić information content (AvgIpc) is 2.84. The van der Waals surface area contributed by atoms with Crippen LogP contribution < -0.4 is 4.74 Å². The normalized spacial score (nSPS) is 10.4. The Morgan fingerprint density at radius 2 is 2.26 bits per heavy atom. The van der Waals surface area contributed by atoms with Gasteiger partial charge in [0.2, 0.25) is 0 Å². The van der Waals surface area contributed by atoms with Crippen molar-refractivity contribution in [2.45, 2.75) is 26.9 Å². The Hall–Kier alpha value is -1.95. The molecule has 0 aliphatic rings. The highest BCUT2D eigenvalue weighted by Gasteiger charge is 2.15. The molecule has 0 amide bonds. The first-order valence-electron chi connectivity index (χ1n) is 5.91. The molecule has 0 spiro atoms. The van der Waals surface area contributed by atoms with Crippen LogP contribution in [-0.4, -0.2) is 9.91 Å². The number of thiazole rings is 1. The highest BCUT2D eigenvalue weighted by Crippen LogP contribution is 2.28. The van der Waals surface area contributed by atoms with E-state index in [1.807, 2.05) is 19.2 Å². The summed E-state index contributed by atoms with van der Waals surface area (Å²) in [4.78, 5) is 14.8. The van der Waals surface area contributed by atoms with E-state index in [1.165, 1.54) is 6.07 Å². The number of hydrogen-bond acceptors (Lipinski definition) is 5. The van der Waals surface area contributed by atoms with Crippen LogP contribution in [0.15, 0.2) is 23.6 Å². The molecule has 0 unspecified atom stereocenters. The third kappa shape index (κ3) is 3.29. The quantitative estimate of drug-likeness (QED) is 0.620. The molecule has 2 rings (SSSR count). The summed E-state index contributed by atoms with van der Waals surface area (Å²) >= 11 is 1.57. The molecule has 0 radical (unpaired) electrons. The van der Waals surface area contributed by atoms with Gasteiger partial charge in [-0.2, -0.15) is 0 Å². The molecule has 100 valence electrons. The molecule has 6 heteroatoms. The Balaban J connectivity index is 2.14. The molecular formula is C13H14N2O3S. The van der Waals surface area contributed by atoms with Crippen LogP contribution in [0, 0.1) is 17.0 Å². The summed E-state index contributed by atoms with van der Waals surface area (Å²) in [7, 11) is 0. The lowest BCUT2D eigenvalue weighted by molar-refractivity contribution is -0.386. The minimum Gasteiger partial charge on any atom is -0.480 e. The van der Waals surface area contributed by atoms with E-state index in [2.05, 4.69) is 4.98 Å². The highest BCUT2D eigenvalue weighted by molar-refractivity contribution is 7.09. The third-order valence-corrected chi connectivity index (χ3v) is 3.63. The van der Waals surface area contributed by atoms with Crippen molar-refractivity contribution in [1.29, 1.82) is 0 Å². The zero-order valence-electron chi connectivity index (χ0n) is 10.8. The molecule has 1 heterocycles. The molecule has 0 atom stereocenters. The van der Waals surface area contributed by atoms with Crippen LogP contribution in [-0.2, 0) is 13.0 Å². The summed E-state index contributed by atoms with van der Waals surface area (Å²) in [5, 5.41) is 13.9. The fraction of sp³-hybridized carbons (Fsp3) is 0.308. The Kier molecular flexibility index (Phi) is 4.11. The molecule has 19 heavy (non-hydrogen) atoms.